The maximum absolute atomic E-state index is 5.87. The molecule has 0 aliphatic heterocycles. The van der Waals surface area contributed by atoms with Crippen molar-refractivity contribution in [3.63, 3.8) is 0 Å². The predicted molar refractivity (Wildman–Crippen MR) is 82.7 cm³/mol. The van der Waals surface area contributed by atoms with Gasteiger partial charge in [-0.05, 0) is 30.5 Å². The monoisotopic (exact) mass is 256 g/mol. The Labute approximate surface area is 117 Å². The van der Waals surface area contributed by atoms with E-state index in [0.29, 0.717) is 6.61 Å². The van der Waals surface area contributed by atoms with Gasteiger partial charge in [-0.25, -0.2) is 0 Å². The lowest BCUT2D eigenvalue weighted by Crippen LogP contribution is -1.98. The summed E-state index contributed by atoms with van der Waals surface area (Å²) >= 11 is 0. The summed E-state index contributed by atoms with van der Waals surface area (Å²) in [7, 11) is 0. The van der Waals surface area contributed by atoms with E-state index in [-0.39, 0.29) is 0 Å². The average molecular weight is 256 g/mol. The van der Waals surface area contributed by atoms with Crippen LogP contribution in [0.5, 0.6) is 5.75 Å². The summed E-state index contributed by atoms with van der Waals surface area (Å²) < 4.78 is 5.87. The van der Waals surface area contributed by atoms with Gasteiger partial charge in [0.25, 0.3) is 0 Å². The van der Waals surface area contributed by atoms with E-state index in [1.54, 1.807) is 0 Å². The molecule has 1 heteroatoms. The summed E-state index contributed by atoms with van der Waals surface area (Å²) in [6.07, 6.45) is 1.00. The van der Waals surface area contributed by atoms with E-state index in [2.05, 4.69) is 50.2 Å². The van der Waals surface area contributed by atoms with Crippen molar-refractivity contribution >= 4 is 0 Å². The number of hydrogen-bond donors (Lipinski definition) is 0. The molecular weight excluding hydrogens is 232 g/mol. The van der Waals surface area contributed by atoms with Crippen LogP contribution in [-0.4, -0.2) is 0 Å². The molecular formula is C18H24O. The molecule has 0 amide bonds. The van der Waals surface area contributed by atoms with E-state index in [4.69, 9.17) is 4.74 Å². The molecule has 0 heterocycles. The van der Waals surface area contributed by atoms with Gasteiger partial charge in [-0.2, -0.15) is 0 Å². The van der Waals surface area contributed by atoms with Gasteiger partial charge >= 0.3 is 0 Å². The van der Waals surface area contributed by atoms with E-state index in [1.165, 1.54) is 16.7 Å². The molecule has 0 saturated carbocycles. The first kappa shape index (κ1) is 15.3. The summed E-state index contributed by atoms with van der Waals surface area (Å²) in [5, 5.41) is 0. The molecule has 0 aliphatic rings. The van der Waals surface area contributed by atoms with Crippen molar-refractivity contribution in [3.05, 3.63) is 65.2 Å². The Bertz CT molecular complexity index is 489. The first-order valence-corrected chi connectivity index (χ1v) is 7.06. The minimum Gasteiger partial charge on any atom is -0.489 e. The molecule has 0 saturated heterocycles. The summed E-state index contributed by atoms with van der Waals surface area (Å²) in [4.78, 5) is 0. The van der Waals surface area contributed by atoms with E-state index < -0.39 is 0 Å². The minimum atomic E-state index is 0.638. The Morgan fingerprint density at radius 1 is 0.947 bits per heavy atom. The number of ether oxygens (including phenoxy) is 1. The zero-order valence-electron chi connectivity index (χ0n) is 12.4. The van der Waals surface area contributed by atoms with Crippen LogP contribution in [0.3, 0.4) is 0 Å². The molecule has 0 aliphatic carbocycles. The van der Waals surface area contributed by atoms with Crippen molar-refractivity contribution in [2.45, 2.75) is 40.7 Å². The summed E-state index contributed by atoms with van der Waals surface area (Å²) in [5.74, 6) is 0.997. The van der Waals surface area contributed by atoms with Gasteiger partial charge in [-0.1, -0.05) is 68.8 Å². The highest BCUT2D eigenvalue weighted by atomic mass is 16.5. The van der Waals surface area contributed by atoms with E-state index in [9.17, 15) is 0 Å². The molecule has 0 atom stereocenters. The van der Waals surface area contributed by atoms with Gasteiger partial charge in [-0.3, -0.25) is 0 Å². The quantitative estimate of drug-likeness (QED) is 0.734. The topological polar surface area (TPSA) is 9.23 Å². The number of rotatable bonds is 4. The van der Waals surface area contributed by atoms with Crippen LogP contribution in [0.25, 0.3) is 0 Å². The Hall–Kier alpha value is -1.76. The number of hydrogen-bond acceptors (Lipinski definition) is 1. The van der Waals surface area contributed by atoms with Gasteiger partial charge < -0.3 is 4.74 Å². The van der Waals surface area contributed by atoms with Crippen molar-refractivity contribution in [1.29, 1.82) is 0 Å². The van der Waals surface area contributed by atoms with Gasteiger partial charge in [0.2, 0.25) is 0 Å². The highest BCUT2D eigenvalue weighted by molar-refractivity contribution is 5.33. The number of aryl methyl sites for hydroxylation is 2. The van der Waals surface area contributed by atoms with Gasteiger partial charge in [0, 0.05) is 0 Å². The second-order valence-corrected chi connectivity index (χ2v) is 4.24. The molecule has 0 spiro atoms. The standard InChI is InChI=1S/C16H18O.C2H6/c1-3-15-9-4-5-10-16(15)17-12-14-8-6-7-13(2)11-14;1-2/h4-11H,3,12H2,1-2H3;1-2H3. The third-order valence-corrected chi connectivity index (χ3v) is 2.83. The molecule has 19 heavy (non-hydrogen) atoms. The Morgan fingerprint density at radius 2 is 1.68 bits per heavy atom. The molecule has 2 aromatic rings. The SMILES string of the molecule is CC.CCc1ccccc1OCc1cccc(C)c1. The summed E-state index contributed by atoms with van der Waals surface area (Å²) in [6.45, 7) is 8.89. The van der Waals surface area contributed by atoms with Crippen LogP contribution in [-0.2, 0) is 13.0 Å². The van der Waals surface area contributed by atoms with Gasteiger partial charge in [0.05, 0.1) is 0 Å². The van der Waals surface area contributed by atoms with E-state index in [0.717, 1.165) is 12.2 Å². The van der Waals surface area contributed by atoms with Crippen molar-refractivity contribution in [1.82, 2.24) is 0 Å². The fourth-order valence-electron chi connectivity index (χ4n) is 1.90. The normalized spacial score (nSPS) is 9.47. The second-order valence-electron chi connectivity index (χ2n) is 4.24. The first-order valence-electron chi connectivity index (χ1n) is 7.06. The van der Waals surface area contributed by atoms with Crippen LogP contribution in [0, 0.1) is 6.92 Å². The molecule has 102 valence electrons. The largest absolute Gasteiger partial charge is 0.489 e. The number of para-hydroxylation sites is 1. The molecule has 0 N–H and O–H groups in total. The second kappa shape index (κ2) is 8.36. The third-order valence-electron chi connectivity index (χ3n) is 2.83. The Morgan fingerprint density at radius 3 is 2.37 bits per heavy atom. The van der Waals surface area contributed by atoms with E-state index in [1.807, 2.05) is 26.0 Å². The fraction of sp³-hybridized carbons (Fsp3) is 0.333. The highest BCUT2D eigenvalue weighted by Gasteiger charge is 2.01. The van der Waals surface area contributed by atoms with Gasteiger partial charge in [0.15, 0.2) is 0 Å². The van der Waals surface area contributed by atoms with Gasteiger partial charge in [-0.15, -0.1) is 0 Å². The van der Waals surface area contributed by atoms with Gasteiger partial charge in [0.1, 0.15) is 12.4 Å². The number of benzene rings is 2. The molecule has 0 bridgehead atoms. The van der Waals surface area contributed by atoms with Crippen LogP contribution in [0.1, 0.15) is 37.5 Å². The Balaban J connectivity index is 0.000000861. The van der Waals surface area contributed by atoms with Crippen molar-refractivity contribution in [3.8, 4) is 5.75 Å². The molecule has 1 nitrogen and oxygen atoms in total. The molecule has 0 aromatic heterocycles. The maximum atomic E-state index is 5.87. The molecule has 2 aromatic carbocycles. The van der Waals surface area contributed by atoms with Crippen molar-refractivity contribution in [2.75, 3.05) is 0 Å². The highest BCUT2D eigenvalue weighted by Crippen LogP contribution is 2.19. The van der Waals surface area contributed by atoms with Crippen LogP contribution in [0.4, 0.5) is 0 Å². The summed E-state index contributed by atoms with van der Waals surface area (Å²) in [6, 6.07) is 16.7. The summed E-state index contributed by atoms with van der Waals surface area (Å²) in [5.41, 5.74) is 3.76. The lowest BCUT2D eigenvalue weighted by Gasteiger charge is -2.10. The molecule has 0 unspecified atom stereocenters. The average Bonchev–Trinajstić information content (AvgIpc) is 2.47. The zero-order chi connectivity index (χ0) is 14.1. The molecule has 2 rings (SSSR count). The minimum absolute atomic E-state index is 0.638. The van der Waals surface area contributed by atoms with Crippen LogP contribution >= 0.6 is 0 Å². The third kappa shape index (κ3) is 4.78. The lowest BCUT2D eigenvalue weighted by atomic mass is 10.1. The Kier molecular flexibility index (Phi) is 6.73. The maximum Gasteiger partial charge on any atom is 0.122 e. The molecule has 0 radical (unpaired) electrons. The van der Waals surface area contributed by atoms with Crippen molar-refractivity contribution < 1.29 is 4.74 Å². The van der Waals surface area contributed by atoms with Crippen LogP contribution < -0.4 is 4.74 Å². The lowest BCUT2D eigenvalue weighted by molar-refractivity contribution is 0.303. The predicted octanol–water partition coefficient (Wildman–Crippen LogP) is 5.16. The van der Waals surface area contributed by atoms with Crippen LogP contribution in [0.2, 0.25) is 0 Å². The first-order chi connectivity index (χ1) is 9.29. The van der Waals surface area contributed by atoms with Crippen LogP contribution in [0.15, 0.2) is 48.5 Å². The smallest absolute Gasteiger partial charge is 0.122 e. The zero-order valence-corrected chi connectivity index (χ0v) is 12.4. The van der Waals surface area contributed by atoms with E-state index >= 15 is 0 Å². The van der Waals surface area contributed by atoms with Crippen molar-refractivity contribution in [2.24, 2.45) is 0 Å². The fourth-order valence-corrected chi connectivity index (χ4v) is 1.90. The molecule has 0 fully saturated rings.